The van der Waals surface area contributed by atoms with Crippen LogP contribution in [0.5, 0.6) is 0 Å². The Kier molecular flexibility index (Phi) is 3.26. The lowest BCUT2D eigenvalue weighted by Gasteiger charge is -2.38. The molecular weight excluding hydrogens is 198 g/mol. The Hall–Kier alpha value is -0.930. The second-order valence-electron chi connectivity index (χ2n) is 5.35. The van der Waals surface area contributed by atoms with E-state index in [4.69, 9.17) is 0 Å². The van der Waals surface area contributed by atoms with E-state index in [1.165, 1.54) is 11.3 Å². The van der Waals surface area contributed by atoms with Crippen molar-refractivity contribution in [2.45, 2.75) is 32.9 Å². The molecule has 0 saturated carbocycles. The molecular formula is C13H21N3. The SMILES string of the molecule is Cc1ccc(CN2CCNC(C)(C)C2)nc1. The molecule has 16 heavy (non-hydrogen) atoms. The maximum Gasteiger partial charge on any atom is 0.0544 e. The van der Waals surface area contributed by atoms with Gasteiger partial charge in [0, 0.05) is 37.9 Å². The molecule has 0 atom stereocenters. The summed E-state index contributed by atoms with van der Waals surface area (Å²) in [5.41, 5.74) is 2.62. The minimum atomic E-state index is 0.225. The summed E-state index contributed by atoms with van der Waals surface area (Å²) in [7, 11) is 0. The predicted octanol–water partition coefficient (Wildman–Crippen LogP) is 1.57. The minimum Gasteiger partial charge on any atom is -0.309 e. The van der Waals surface area contributed by atoms with Crippen LogP contribution in [-0.4, -0.2) is 35.1 Å². The van der Waals surface area contributed by atoms with Gasteiger partial charge in [-0.05, 0) is 32.4 Å². The number of nitrogens with one attached hydrogen (secondary N) is 1. The monoisotopic (exact) mass is 219 g/mol. The van der Waals surface area contributed by atoms with Gasteiger partial charge in [-0.15, -0.1) is 0 Å². The molecule has 1 aromatic heterocycles. The van der Waals surface area contributed by atoms with Gasteiger partial charge in [0.2, 0.25) is 0 Å². The highest BCUT2D eigenvalue weighted by molar-refractivity contribution is 5.12. The van der Waals surface area contributed by atoms with E-state index < -0.39 is 0 Å². The fraction of sp³-hybridized carbons (Fsp3) is 0.615. The van der Waals surface area contributed by atoms with Gasteiger partial charge in [-0.25, -0.2) is 0 Å². The lowest BCUT2D eigenvalue weighted by molar-refractivity contribution is 0.147. The topological polar surface area (TPSA) is 28.2 Å². The van der Waals surface area contributed by atoms with Crippen LogP contribution in [0, 0.1) is 6.92 Å². The third-order valence-corrected chi connectivity index (χ3v) is 3.01. The molecule has 3 heteroatoms. The van der Waals surface area contributed by atoms with Gasteiger partial charge >= 0.3 is 0 Å². The Morgan fingerprint density at radius 3 is 2.88 bits per heavy atom. The lowest BCUT2D eigenvalue weighted by atomic mass is 10.0. The highest BCUT2D eigenvalue weighted by Gasteiger charge is 2.25. The van der Waals surface area contributed by atoms with E-state index >= 15 is 0 Å². The first-order valence-electron chi connectivity index (χ1n) is 5.94. The number of hydrogen-bond acceptors (Lipinski definition) is 3. The van der Waals surface area contributed by atoms with E-state index in [1.54, 1.807) is 0 Å². The van der Waals surface area contributed by atoms with E-state index in [-0.39, 0.29) is 5.54 Å². The van der Waals surface area contributed by atoms with Gasteiger partial charge in [0.25, 0.3) is 0 Å². The number of pyridine rings is 1. The van der Waals surface area contributed by atoms with Crippen molar-refractivity contribution in [3.05, 3.63) is 29.6 Å². The highest BCUT2D eigenvalue weighted by atomic mass is 15.2. The number of nitrogens with zero attached hydrogens (tertiary/aromatic N) is 2. The van der Waals surface area contributed by atoms with Gasteiger partial charge in [-0.1, -0.05) is 6.07 Å². The molecule has 3 nitrogen and oxygen atoms in total. The zero-order valence-corrected chi connectivity index (χ0v) is 10.5. The smallest absolute Gasteiger partial charge is 0.0544 e. The quantitative estimate of drug-likeness (QED) is 0.818. The molecule has 1 N–H and O–H groups in total. The normalized spacial score (nSPS) is 20.9. The van der Waals surface area contributed by atoms with Crippen molar-refractivity contribution in [3.63, 3.8) is 0 Å². The molecule has 1 saturated heterocycles. The summed E-state index contributed by atoms with van der Waals surface area (Å²) in [5, 5.41) is 3.52. The maximum absolute atomic E-state index is 4.46. The van der Waals surface area contributed by atoms with Gasteiger partial charge in [0.1, 0.15) is 0 Å². The van der Waals surface area contributed by atoms with E-state index in [0.29, 0.717) is 0 Å². The van der Waals surface area contributed by atoms with Gasteiger partial charge < -0.3 is 5.32 Å². The average molecular weight is 219 g/mol. The number of piperazine rings is 1. The lowest BCUT2D eigenvalue weighted by Crippen LogP contribution is -2.56. The first-order chi connectivity index (χ1) is 7.55. The van der Waals surface area contributed by atoms with Gasteiger partial charge in [0.05, 0.1) is 5.69 Å². The molecule has 0 aliphatic carbocycles. The second kappa shape index (κ2) is 4.52. The predicted molar refractivity (Wildman–Crippen MR) is 66.3 cm³/mol. The molecule has 1 aliphatic rings. The summed E-state index contributed by atoms with van der Waals surface area (Å²) in [5.74, 6) is 0. The molecule has 1 aliphatic heterocycles. The fourth-order valence-electron chi connectivity index (χ4n) is 2.20. The Labute approximate surface area is 97.9 Å². The molecule has 1 aromatic rings. The Balaban J connectivity index is 1.97. The minimum absolute atomic E-state index is 0.225. The van der Waals surface area contributed by atoms with Crippen LogP contribution >= 0.6 is 0 Å². The molecule has 1 fully saturated rings. The fourth-order valence-corrected chi connectivity index (χ4v) is 2.20. The van der Waals surface area contributed by atoms with Crippen LogP contribution in [-0.2, 0) is 6.54 Å². The molecule has 0 spiro atoms. The largest absolute Gasteiger partial charge is 0.309 e. The van der Waals surface area contributed by atoms with Gasteiger partial charge in [-0.3, -0.25) is 9.88 Å². The Bertz CT molecular complexity index is 343. The molecule has 0 amide bonds. The zero-order valence-electron chi connectivity index (χ0n) is 10.5. The average Bonchev–Trinajstić information content (AvgIpc) is 2.20. The van der Waals surface area contributed by atoms with Crippen molar-refractivity contribution >= 4 is 0 Å². The third-order valence-electron chi connectivity index (χ3n) is 3.01. The molecule has 0 aromatic carbocycles. The van der Waals surface area contributed by atoms with Crippen LogP contribution in [0.2, 0.25) is 0 Å². The summed E-state index contributed by atoms with van der Waals surface area (Å²) in [6, 6.07) is 4.26. The first kappa shape index (κ1) is 11.6. The van der Waals surface area contributed by atoms with Crippen molar-refractivity contribution in [3.8, 4) is 0 Å². The maximum atomic E-state index is 4.46. The standard InChI is InChI=1S/C13H21N3/c1-11-4-5-12(14-8-11)9-16-7-6-15-13(2,3)10-16/h4-5,8,15H,6-7,9-10H2,1-3H3. The van der Waals surface area contributed by atoms with Crippen molar-refractivity contribution in [2.75, 3.05) is 19.6 Å². The van der Waals surface area contributed by atoms with Crippen LogP contribution < -0.4 is 5.32 Å². The van der Waals surface area contributed by atoms with Gasteiger partial charge in [0.15, 0.2) is 0 Å². The van der Waals surface area contributed by atoms with E-state index in [0.717, 1.165) is 26.2 Å². The van der Waals surface area contributed by atoms with Crippen molar-refractivity contribution < 1.29 is 0 Å². The van der Waals surface area contributed by atoms with Crippen LogP contribution in [0.15, 0.2) is 18.3 Å². The van der Waals surface area contributed by atoms with Crippen LogP contribution in [0.1, 0.15) is 25.1 Å². The molecule has 2 heterocycles. The molecule has 0 bridgehead atoms. The Morgan fingerprint density at radius 1 is 1.44 bits per heavy atom. The molecule has 0 radical (unpaired) electrons. The number of rotatable bonds is 2. The van der Waals surface area contributed by atoms with Crippen molar-refractivity contribution in [1.29, 1.82) is 0 Å². The summed E-state index contributed by atoms with van der Waals surface area (Å²) < 4.78 is 0. The highest BCUT2D eigenvalue weighted by Crippen LogP contribution is 2.12. The van der Waals surface area contributed by atoms with Crippen molar-refractivity contribution in [2.24, 2.45) is 0 Å². The zero-order chi connectivity index (χ0) is 11.6. The summed E-state index contributed by atoms with van der Waals surface area (Å²) >= 11 is 0. The third kappa shape index (κ3) is 3.03. The summed E-state index contributed by atoms with van der Waals surface area (Å²) in [6.07, 6.45) is 1.95. The molecule has 0 unspecified atom stereocenters. The first-order valence-corrected chi connectivity index (χ1v) is 5.94. The van der Waals surface area contributed by atoms with E-state index in [9.17, 15) is 0 Å². The van der Waals surface area contributed by atoms with Crippen LogP contribution in [0.3, 0.4) is 0 Å². The van der Waals surface area contributed by atoms with E-state index in [2.05, 4.69) is 48.1 Å². The molecule has 2 rings (SSSR count). The Morgan fingerprint density at radius 2 is 2.25 bits per heavy atom. The summed E-state index contributed by atoms with van der Waals surface area (Å²) in [6.45, 7) is 10.8. The van der Waals surface area contributed by atoms with E-state index in [1.807, 2.05) is 6.20 Å². The second-order valence-corrected chi connectivity index (χ2v) is 5.35. The number of aryl methyl sites for hydroxylation is 1. The van der Waals surface area contributed by atoms with Crippen LogP contribution in [0.4, 0.5) is 0 Å². The number of aromatic nitrogens is 1. The van der Waals surface area contributed by atoms with Crippen molar-refractivity contribution in [1.82, 2.24) is 15.2 Å². The molecule has 88 valence electrons. The van der Waals surface area contributed by atoms with Gasteiger partial charge in [-0.2, -0.15) is 0 Å². The number of hydrogen-bond donors (Lipinski definition) is 1. The van der Waals surface area contributed by atoms with Crippen LogP contribution in [0.25, 0.3) is 0 Å². The summed E-state index contributed by atoms with van der Waals surface area (Å²) in [4.78, 5) is 6.92.